The molecule has 3 aliphatic rings. The first kappa shape index (κ1) is 12.5. The Kier molecular flexibility index (Phi) is 2.46. The first-order chi connectivity index (χ1) is 10.1. The molecule has 2 saturated carbocycles. The van der Waals surface area contributed by atoms with Crippen LogP contribution >= 0.6 is 0 Å². The third-order valence-corrected chi connectivity index (χ3v) is 5.23. The summed E-state index contributed by atoms with van der Waals surface area (Å²) in [5, 5.41) is 10.9. The van der Waals surface area contributed by atoms with Gasteiger partial charge in [-0.2, -0.15) is 0 Å². The lowest BCUT2D eigenvalue weighted by atomic mass is 9.81. The highest BCUT2D eigenvalue weighted by atomic mass is 16.6. The number of carbonyl (C=O) groups is 2. The summed E-state index contributed by atoms with van der Waals surface area (Å²) in [5.74, 6) is -0.0956. The minimum absolute atomic E-state index is 0.104. The van der Waals surface area contributed by atoms with Gasteiger partial charge in [0.15, 0.2) is 0 Å². The second-order valence-electron chi connectivity index (χ2n) is 6.17. The number of hydrogen-bond donors (Lipinski definition) is 0. The second-order valence-corrected chi connectivity index (χ2v) is 6.17. The van der Waals surface area contributed by atoms with Crippen LogP contribution in [0.2, 0.25) is 0 Å². The molecule has 1 aromatic rings. The normalized spacial score (nSPS) is 33.6. The zero-order chi connectivity index (χ0) is 14.7. The summed E-state index contributed by atoms with van der Waals surface area (Å²) in [6.45, 7) is 0. The van der Waals surface area contributed by atoms with E-state index >= 15 is 0 Å². The fourth-order valence-corrected chi connectivity index (χ4v) is 4.41. The van der Waals surface area contributed by atoms with Crippen LogP contribution in [0, 0.1) is 33.8 Å². The van der Waals surface area contributed by atoms with Crippen molar-refractivity contribution in [3.05, 3.63) is 34.4 Å². The fourth-order valence-electron chi connectivity index (χ4n) is 4.41. The molecule has 4 atom stereocenters. The van der Waals surface area contributed by atoms with Gasteiger partial charge in [-0.25, -0.2) is 4.90 Å². The molecular formula is C15H14N2O4. The van der Waals surface area contributed by atoms with Gasteiger partial charge in [0, 0.05) is 12.1 Å². The maximum absolute atomic E-state index is 12.6. The van der Waals surface area contributed by atoms with E-state index in [-0.39, 0.29) is 29.3 Å². The van der Waals surface area contributed by atoms with E-state index in [1.165, 1.54) is 23.1 Å². The Hall–Kier alpha value is -2.24. The predicted molar refractivity (Wildman–Crippen MR) is 73.4 cm³/mol. The molecule has 0 N–H and O–H groups in total. The molecule has 1 aromatic carbocycles. The van der Waals surface area contributed by atoms with E-state index in [9.17, 15) is 19.7 Å². The van der Waals surface area contributed by atoms with E-state index in [0.717, 1.165) is 19.3 Å². The number of carbonyl (C=O) groups excluding carboxylic acids is 2. The summed E-state index contributed by atoms with van der Waals surface area (Å²) in [7, 11) is 0. The van der Waals surface area contributed by atoms with Gasteiger partial charge < -0.3 is 0 Å². The third kappa shape index (κ3) is 1.58. The highest BCUT2D eigenvalue weighted by Gasteiger charge is 2.61. The lowest BCUT2D eigenvalue weighted by Crippen LogP contribution is -2.32. The van der Waals surface area contributed by atoms with Crippen molar-refractivity contribution < 1.29 is 14.5 Å². The second kappa shape index (κ2) is 4.13. The molecule has 3 fully saturated rings. The van der Waals surface area contributed by atoms with Crippen molar-refractivity contribution in [2.45, 2.75) is 19.3 Å². The highest BCUT2D eigenvalue weighted by Crippen LogP contribution is 2.56. The van der Waals surface area contributed by atoms with E-state index in [4.69, 9.17) is 0 Å². The molecule has 0 spiro atoms. The molecular weight excluding hydrogens is 272 g/mol. The van der Waals surface area contributed by atoms with Crippen LogP contribution in [-0.4, -0.2) is 16.7 Å². The molecule has 4 rings (SSSR count). The minimum atomic E-state index is -0.515. The third-order valence-electron chi connectivity index (χ3n) is 5.23. The van der Waals surface area contributed by atoms with Crippen molar-refractivity contribution in [2.24, 2.45) is 23.7 Å². The lowest BCUT2D eigenvalue weighted by molar-refractivity contribution is -0.384. The number of nitrogens with zero attached hydrogens (tertiary/aromatic N) is 2. The SMILES string of the molecule is O=C1[C@H]2[C@H]3CC[C@@H](C3)[C@@H]2C(=O)N1c1cccc([N+](=O)[O-])c1. The van der Waals surface area contributed by atoms with E-state index in [1.54, 1.807) is 6.07 Å². The van der Waals surface area contributed by atoms with E-state index in [1.807, 2.05) is 0 Å². The van der Waals surface area contributed by atoms with Crippen LogP contribution in [-0.2, 0) is 9.59 Å². The summed E-state index contributed by atoms with van der Waals surface area (Å²) in [5.41, 5.74) is 0.223. The molecule has 108 valence electrons. The Morgan fingerprint density at radius 3 is 2.29 bits per heavy atom. The first-order valence-electron chi connectivity index (χ1n) is 7.20. The van der Waals surface area contributed by atoms with Gasteiger partial charge in [-0.15, -0.1) is 0 Å². The molecule has 6 nitrogen and oxygen atoms in total. The number of anilines is 1. The highest BCUT2D eigenvalue weighted by molar-refractivity contribution is 6.22. The van der Waals surface area contributed by atoms with E-state index in [0.29, 0.717) is 17.5 Å². The Bertz CT molecular complexity index is 643. The quantitative estimate of drug-likeness (QED) is 0.474. The van der Waals surface area contributed by atoms with Crippen molar-refractivity contribution in [1.82, 2.24) is 0 Å². The summed E-state index contributed by atoms with van der Waals surface area (Å²) in [6, 6.07) is 5.76. The van der Waals surface area contributed by atoms with E-state index in [2.05, 4.69) is 0 Å². The molecule has 2 bridgehead atoms. The Balaban J connectivity index is 1.73. The van der Waals surface area contributed by atoms with Gasteiger partial charge in [-0.05, 0) is 37.2 Å². The van der Waals surface area contributed by atoms with Crippen molar-refractivity contribution in [3.63, 3.8) is 0 Å². The van der Waals surface area contributed by atoms with Crippen molar-refractivity contribution in [1.29, 1.82) is 0 Å². The molecule has 2 aliphatic carbocycles. The number of amides is 2. The number of nitro benzene ring substituents is 1. The molecule has 21 heavy (non-hydrogen) atoms. The van der Waals surface area contributed by atoms with Crippen LogP contribution in [0.3, 0.4) is 0 Å². The average molecular weight is 286 g/mol. The molecule has 1 saturated heterocycles. The minimum Gasteiger partial charge on any atom is -0.274 e. The maximum Gasteiger partial charge on any atom is 0.271 e. The number of non-ortho nitro benzene ring substituents is 1. The maximum atomic E-state index is 12.6. The van der Waals surface area contributed by atoms with Gasteiger partial charge >= 0.3 is 0 Å². The van der Waals surface area contributed by atoms with Crippen molar-refractivity contribution >= 4 is 23.2 Å². The van der Waals surface area contributed by atoms with Gasteiger partial charge in [-0.3, -0.25) is 19.7 Å². The number of nitro groups is 1. The van der Waals surface area contributed by atoms with Gasteiger partial charge in [0.2, 0.25) is 11.8 Å². The van der Waals surface area contributed by atoms with Gasteiger partial charge in [0.05, 0.1) is 22.4 Å². The van der Waals surface area contributed by atoms with Crippen LogP contribution in [0.15, 0.2) is 24.3 Å². The molecule has 0 aromatic heterocycles. The molecule has 1 aliphatic heterocycles. The molecule has 2 amide bonds. The lowest BCUT2D eigenvalue weighted by Gasteiger charge is -2.19. The zero-order valence-corrected chi connectivity index (χ0v) is 11.3. The smallest absolute Gasteiger partial charge is 0.271 e. The first-order valence-corrected chi connectivity index (χ1v) is 7.20. The zero-order valence-electron chi connectivity index (χ0n) is 11.3. The number of rotatable bonds is 2. The summed E-state index contributed by atoms with van der Waals surface area (Å²) in [4.78, 5) is 36.7. The average Bonchev–Trinajstić information content (AvgIpc) is 3.13. The van der Waals surface area contributed by atoms with Crippen LogP contribution in [0.5, 0.6) is 0 Å². The number of hydrogen-bond acceptors (Lipinski definition) is 4. The monoisotopic (exact) mass is 286 g/mol. The molecule has 0 unspecified atom stereocenters. The van der Waals surface area contributed by atoms with Gasteiger partial charge in [0.1, 0.15) is 0 Å². The Morgan fingerprint density at radius 2 is 1.71 bits per heavy atom. The fraction of sp³-hybridized carbons (Fsp3) is 0.467. The van der Waals surface area contributed by atoms with Gasteiger partial charge in [0.25, 0.3) is 5.69 Å². The molecule has 6 heteroatoms. The topological polar surface area (TPSA) is 80.5 Å². The van der Waals surface area contributed by atoms with Crippen molar-refractivity contribution in [2.75, 3.05) is 4.90 Å². The molecule has 0 radical (unpaired) electrons. The van der Waals surface area contributed by atoms with Crippen LogP contribution in [0.1, 0.15) is 19.3 Å². The summed E-state index contributed by atoms with van der Waals surface area (Å²) in [6.07, 6.45) is 3.02. The molecule has 1 heterocycles. The largest absolute Gasteiger partial charge is 0.274 e. The Labute approximate surface area is 120 Å². The Morgan fingerprint density at radius 1 is 1.10 bits per heavy atom. The summed E-state index contributed by atoms with van der Waals surface area (Å²) < 4.78 is 0. The van der Waals surface area contributed by atoms with Gasteiger partial charge in [-0.1, -0.05) is 6.07 Å². The van der Waals surface area contributed by atoms with Crippen molar-refractivity contribution in [3.8, 4) is 0 Å². The predicted octanol–water partition coefficient (Wildman–Crippen LogP) is 2.13. The number of fused-ring (bicyclic) bond motifs is 5. The summed E-state index contributed by atoms with van der Waals surface area (Å²) >= 11 is 0. The number of imide groups is 1. The number of benzene rings is 1. The standard InChI is InChI=1S/C15H14N2O4/c18-14-12-8-4-5-9(6-8)13(12)15(19)16(14)10-2-1-3-11(7-10)17(20)21/h1-3,7-9,12-13H,4-6H2/t8-,9-,12-,13-/m0/s1. The van der Waals surface area contributed by atoms with E-state index < -0.39 is 4.92 Å². The van der Waals surface area contributed by atoms with Crippen LogP contribution in [0.25, 0.3) is 0 Å². The van der Waals surface area contributed by atoms with Crippen LogP contribution < -0.4 is 4.90 Å². The van der Waals surface area contributed by atoms with Crippen LogP contribution in [0.4, 0.5) is 11.4 Å².